The highest BCUT2D eigenvalue weighted by Crippen LogP contribution is 2.26. The average Bonchev–Trinajstić information content (AvgIpc) is 2.86. The molecule has 0 amide bonds. The first-order chi connectivity index (χ1) is 9.44. The summed E-state index contributed by atoms with van der Waals surface area (Å²) in [7, 11) is 1.38. The van der Waals surface area contributed by atoms with Crippen LogP contribution in [0.5, 0.6) is 0 Å². The van der Waals surface area contributed by atoms with Gasteiger partial charge in [-0.2, -0.15) is 0 Å². The molecule has 5 nitrogen and oxygen atoms in total. The van der Waals surface area contributed by atoms with E-state index in [4.69, 9.17) is 9.47 Å². The monoisotopic (exact) mass is 299 g/mol. The number of thiazole rings is 1. The first-order valence-electron chi connectivity index (χ1n) is 6.50. The van der Waals surface area contributed by atoms with Crippen molar-refractivity contribution in [1.82, 2.24) is 4.98 Å². The highest BCUT2D eigenvalue weighted by atomic mass is 32.1. The zero-order chi connectivity index (χ0) is 15.2. The summed E-state index contributed by atoms with van der Waals surface area (Å²) in [6.45, 7) is 6.42. The van der Waals surface area contributed by atoms with Gasteiger partial charge in [0.05, 0.1) is 30.7 Å². The third kappa shape index (κ3) is 4.38. The van der Waals surface area contributed by atoms with Gasteiger partial charge in [-0.05, 0) is 20.8 Å². The molecule has 1 heterocycles. The summed E-state index contributed by atoms with van der Waals surface area (Å²) in [5.41, 5.74) is 0.167. The van der Waals surface area contributed by atoms with E-state index in [1.807, 2.05) is 26.2 Å². The van der Waals surface area contributed by atoms with Crippen molar-refractivity contribution in [1.29, 1.82) is 0 Å². The molecule has 1 unspecified atom stereocenters. The molecule has 0 aliphatic rings. The van der Waals surface area contributed by atoms with Gasteiger partial charge in [0.25, 0.3) is 0 Å². The second-order valence-corrected chi connectivity index (χ2v) is 6.02. The van der Waals surface area contributed by atoms with E-state index in [2.05, 4.69) is 4.98 Å². The molecule has 1 atom stereocenters. The van der Waals surface area contributed by atoms with Gasteiger partial charge in [-0.15, -0.1) is 11.3 Å². The van der Waals surface area contributed by atoms with E-state index in [-0.39, 0.29) is 11.9 Å². The minimum atomic E-state index is -0.628. The molecule has 0 saturated heterocycles. The quantitative estimate of drug-likeness (QED) is 0.544. The Labute approximate surface area is 123 Å². The zero-order valence-corrected chi connectivity index (χ0v) is 13.2. The van der Waals surface area contributed by atoms with Gasteiger partial charge < -0.3 is 14.3 Å². The van der Waals surface area contributed by atoms with E-state index < -0.39 is 5.41 Å². The molecule has 1 rings (SSSR count). The zero-order valence-electron chi connectivity index (χ0n) is 12.3. The van der Waals surface area contributed by atoms with Crippen LogP contribution < -0.4 is 0 Å². The number of nitrogens with zero attached hydrogens (tertiary/aromatic N) is 1. The summed E-state index contributed by atoms with van der Waals surface area (Å²) in [4.78, 5) is 27.2. The molecule has 0 aromatic carbocycles. The maximum absolute atomic E-state index is 11.7. The van der Waals surface area contributed by atoms with Crippen molar-refractivity contribution < 1.29 is 19.1 Å². The summed E-state index contributed by atoms with van der Waals surface area (Å²) in [5, 5.41) is 2.60. The van der Waals surface area contributed by atoms with Crippen LogP contribution >= 0.6 is 11.3 Å². The van der Waals surface area contributed by atoms with Crippen molar-refractivity contribution in [2.75, 3.05) is 20.3 Å². The molecular weight excluding hydrogens is 278 g/mol. The molecule has 0 aliphatic heterocycles. The van der Waals surface area contributed by atoms with E-state index in [0.717, 1.165) is 17.0 Å². The van der Waals surface area contributed by atoms with Crippen molar-refractivity contribution in [2.45, 2.75) is 33.1 Å². The van der Waals surface area contributed by atoms with Crippen LogP contribution in [0.1, 0.15) is 37.4 Å². The number of carbonyl (C=O) groups excluding carboxylic acids is 2. The van der Waals surface area contributed by atoms with Gasteiger partial charge in [-0.25, -0.2) is 4.98 Å². The molecule has 6 heteroatoms. The van der Waals surface area contributed by atoms with Gasteiger partial charge in [0.1, 0.15) is 11.3 Å². The molecule has 0 bridgehead atoms. The third-order valence-corrected chi connectivity index (χ3v) is 3.94. The number of rotatable bonds is 8. The summed E-state index contributed by atoms with van der Waals surface area (Å²) in [5.74, 6) is -0.608. The highest BCUT2D eigenvalue weighted by molar-refractivity contribution is 7.09. The van der Waals surface area contributed by atoms with Crippen molar-refractivity contribution in [3.05, 3.63) is 16.1 Å². The van der Waals surface area contributed by atoms with Crippen LogP contribution in [0.15, 0.2) is 5.38 Å². The van der Waals surface area contributed by atoms with Crippen LogP contribution in [0.3, 0.4) is 0 Å². The standard InChI is InChI=1S/C14H21NO4S/c1-5-19-8-10(7-16)12-15-11(9-20-12)6-14(2,3)13(17)18-4/h7,9-10H,5-6,8H2,1-4H3. The molecule has 0 aliphatic carbocycles. The normalized spacial score (nSPS) is 13.0. The van der Waals surface area contributed by atoms with E-state index in [1.165, 1.54) is 18.4 Å². The number of ether oxygens (including phenoxy) is 2. The molecule has 0 radical (unpaired) electrons. The van der Waals surface area contributed by atoms with Crippen LogP contribution in [-0.2, 0) is 25.5 Å². The lowest BCUT2D eigenvalue weighted by atomic mass is 9.88. The lowest BCUT2D eigenvalue weighted by molar-refractivity contribution is -0.150. The summed E-state index contributed by atoms with van der Waals surface area (Å²) in [6.07, 6.45) is 1.33. The molecule has 20 heavy (non-hydrogen) atoms. The molecule has 1 aromatic heterocycles. The highest BCUT2D eigenvalue weighted by Gasteiger charge is 2.30. The third-order valence-electron chi connectivity index (χ3n) is 2.91. The molecule has 0 saturated carbocycles. The Kier molecular flexibility index (Phi) is 6.29. The van der Waals surface area contributed by atoms with Gasteiger partial charge in [0.15, 0.2) is 0 Å². The molecule has 1 aromatic rings. The van der Waals surface area contributed by atoms with Crippen LogP contribution in [0.25, 0.3) is 0 Å². The van der Waals surface area contributed by atoms with E-state index >= 15 is 0 Å². The van der Waals surface area contributed by atoms with E-state index in [9.17, 15) is 9.59 Å². The lowest BCUT2D eigenvalue weighted by Gasteiger charge is -2.19. The van der Waals surface area contributed by atoms with Crippen LogP contribution in [0.2, 0.25) is 0 Å². The van der Waals surface area contributed by atoms with Crippen molar-refractivity contribution in [3.63, 3.8) is 0 Å². The Morgan fingerprint density at radius 1 is 1.55 bits per heavy atom. The Hall–Kier alpha value is -1.27. The maximum atomic E-state index is 11.7. The first kappa shape index (κ1) is 16.8. The van der Waals surface area contributed by atoms with Crippen molar-refractivity contribution in [2.24, 2.45) is 5.41 Å². The fourth-order valence-electron chi connectivity index (χ4n) is 1.79. The Morgan fingerprint density at radius 2 is 2.25 bits per heavy atom. The number of hydrogen-bond acceptors (Lipinski definition) is 6. The average molecular weight is 299 g/mol. The van der Waals surface area contributed by atoms with Crippen LogP contribution in [0.4, 0.5) is 0 Å². The van der Waals surface area contributed by atoms with E-state index in [0.29, 0.717) is 19.6 Å². The molecular formula is C14H21NO4S. The topological polar surface area (TPSA) is 65.5 Å². The second-order valence-electron chi connectivity index (χ2n) is 5.13. The maximum Gasteiger partial charge on any atom is 0.311 e. The molecule has 0 N–H and O–H groups in total. The number of methoxy groups -OCH3 is 1. The Balaban J connectivity index is 2.76. The number of aromatic nitrogens is 1. The van der Waals surface area contributed by atoms with Crippen molar-refractivity contribution >= 4 is 23.6 Å². The lowest BCUT2D eigenvalue weighted by Crippen LogP contribution is -2.28. The second kappa shape index (κ2) is 7.50. The summed E-state index contributed by atoms with van der Waals surface area (Å²) < 4.78 is 10.0. The first-order valence-corrected chi connectivity index (χ1v) is 7.38. The number of aldehydes is 1. The van der Waals surface area contributed by atoms with E-state index in [1.54, 1.807) is 0 Å². The van der Waals surface area contributed by atoms with Gasteiger partial charge >= 0.3 is 5.97 Å². The number of hydrogen-bond donors (Lipinski definition) is 0. The molecule has 112 valence electrons. The van der Waals surface area contributed by atoms with Gasteiger partial charge in [0, 0.05) is 18.4 Å². The van der Waals surface area contributed by atoms with Gasteiger partial charge in [-0.1, -0.05) is 0 Å². The summed E-state index contributed by atoms with van der Waals surface area (Å²) >= 11 is 1.42. The fourth-order valence-corrected chi connectivity index (χ4v) is 2.65. The number of esters is 1. The van der Waals surface area contributed by atoms with Crippen LogP contribution in [0, 0.1) is 5.41 Å². The summed E-state index contributed by atoms with van der Waals surface area (Å²) in [6, 6.07) is 0. The Morgan fingerprint density at radius 3 is 2.80 bits per heavy atom. The largest absolute Gasteiger partial charge is 0.469 e. The predicted molar refractivity (Wildman–Crippen MR) is 76.9 cm³/mol. The smallest absolute Gasteiger partial charge is 0.311 e. The molecule has 0 fully saturated rings. The predicted octanol–water partition coefficient (Wildman–Crippen LogP) is 2.20. The minimum Gasteiger partial charge on any atom is -0.469 e. The van der Waals surface area contributed by atoms with Gasteiger partial charge in [-0.3, -0.25) is 4.79 Å². The fraction of sp³-hybridized carbons (Fsp3) is 0.643. The molecule has 0 spiro atoms. The van der Waals surface area contributed by atoms with Gasteiger partial charge in [0.2, 0.25) is 0 Å². The minimum absolute atomic E-state index is 0.270. The Bertz CT molecular complexity index is 456. The SMILES string of the molecule is CCOCC(C=O)c1nc(CC(C)(C)C(=O)OC)cs1. The van der Waals surface area contributed by atoms with Crippen LogP contribution in [-0.4, -0.2) is 37.6 Å². The van der Waals surface area contributed by atoms with Crippen molar-refractivity contribution in [3.8, 4) is 0 Å². The number of carbonyl (C=O) groups is 2.